The Morgan fingerprint density at radius 1 is 0.971 bits per heavy atom. The van der Waals surface area contributed by atoms with Crippen LogP contribution < -0.4 is 9.47 Å². The van der Waals surface area contributed by atoms with E-state index in [1.807, 2.05) is 30.9 Å². The fourth-order valence-electron chi connectivity index (χ4n) is 4.48. The minimum absolute atomic E-state index is 0.222. The first-order valence-electron chi connectivity index (χ1n) is 11.6. The number of likely N-dealkylation sites (N-methyl/N-ethyl adjacent to an activating group) is 1. The van der Waals surface area contributed by atoms with E-state index in [2.05, 4.69) is 0 Å². The van der Waals surface area contributed by atoms with Crippen LogP contribution >= 0.6 is 0 Å². The van der Waals surface area contributed by atoms with E-state index in [0.29, 0.717) is 36.6 Å². The highest BCUT2D eigenvalue weighted by Crippen LogP contribution is 2.44. The number of nitrogens with zero attached hydrogens (tertiary/aromatic N) is 1. The maximum Gasteiger partial charge on any atom is 0.205 e. The molecular formula is C28H30FNO4S. The first-order valence-corrected chi connectivity index (χ1v) is 13.0. The van der Waals surface area contributed by atoms with E-state index >= 15 is 0 Å². The molecule has 3 aromatic rings. The summed E-state index contributed by atoms with van der Waals surface area (Å²) in [5.74, 6) is 0.0540. The normalized spacial score (nSPS) is 17.6. The van der Waals surface area contributed by atoms with Gasteiger partial charge in [0.25, 0.3) is 0 Å². The predicted octanol–water partition coefficient (Wildman–Crippen LogP) is 5.48. The summed E-state index contributed by atoms with van der Waals surface area (Å²) in [4.78, 5) is 2.47. The summed E-state index contributed by atoms with van der Waals surface area (Å²) < 4.78 is 53.3. The molecule has 1 unspecified atom stereocenters. The zero-order valence-electron chi connectivity index (χ0n) is 20.4. The Hall–Kier alpha value is -3.32. The van der Waals surface area contributed by atoms with Crippen molar-refractivity contribution in [3.63, 3.8) is 0 Å². The molecule has 0 aliphatic carbocycles. The van der Waals surface area contributed by atoms with E-state index in [1.165, 1.54) is 12.1 Å². The zero-order chi connectivity index (χ0) is 25.2. The average molecular weight is 496 g/mol. The van der Waals surface area contributed by atoms with Gasteiger partial charge in [-0.25, -0.2) is 12.8 Å². The number of halogens is 1. The summed E-state index contributed by atoms with van der Waals surface area (Å²) in [6.45, 7) is 5.20. The van der Waals surface area contributed by atoms with Crippen LogP contribution in [-0.4, -0.2) is 40.6 Å². The van der Waals surface area contributed by atoms with Crippen LogP contribution in [0.15, 0.2) is 76.7 Å². The van der Waals surface area contributed by atoms with Crippen molar-refractivity contribution in [3.05, 3.63) is 99.8 Å². The van der Waals surface area contributed by atoms with Crippen molar-refractivity contribution in [1.29, 1.82) is 0 Å². The molecule has 0 amide bonds. The highest BCUT2D eigenvalue weighted by atomic mass is 32.2. The van der Waals surface area contributed by atoms with Crippen molar-refractivity contribution in [2.24, 2.45) is 0 Å². The van der Waals surface area contributed by atoms with Gasteiger partial charge in [-0.3, -0.25) is 0 Å². The van der Waals surface area contributed by atoms with Crippen LogP contribution in [0.25, 0.3) is 0 Å². The molecular weight excluding hydrogens is 465 g/mol. The summed E-state index contributed by atoms with van der Waals surface area (Å²) in [5.41, 5.74) is 3.41. The number of sulfone groups is 1. The number of aryl methyl sites for hydroxylation is 1. The predicted molar refractivity (Wildman–Crippen MR) is 135 cm³/mol. The lowest BCUT2D eigenvalue weighted by atomic mass is 9.85. The fraction of sp³-hybridized carbons (Fsp3) is 0.286. The highest BCUT2D eigenvalue weighted by Gasteiger charge is 2.34. The third-order valence-corrected chi connectivity index (χ3v) is 8.32. The lowest BCUT2D eigenvalue weighted by Crippen LogP contribution is -2.27. The van der Waals surface area contributed by atoms with Crippen molar-refractivity contribution in [2.75, 3.05) is 27.3 Å². The van der Waals surface area contributed by atoms with E-state index in [4.69, 9.17) is 9.47 Å². The number of hydrogen-bond acceptors (Lipinski definition) is 5. The van der Waals surface area contributed by atoms with Crippen LogP contribution in [0.5, 0.6) is 11.5 Å². The second kappa shape index (κ2) is 10.1. The van der Waals surface area contributed by atoms with Crippen LogP contribution in [0.3, 0.4) is 0 Å². The highest BCUT2D eigenvalue weighted by molar-refractivity contribution is 7.95. The molecule has 0 saturated heterocycles. The molecule has 1 atom stereocenters. The van der Waals surface area contributed by atoms with Gasteiger partial charge in [0.15, 0.2) is 11.5 Å². The van der Waals surface area contributed by atoms with Gasteiger partial charge in [-0.1, -0.05) is 29.8 Å². The maximum absolute atomic E-state index is 14.1. The van der Waals surface area contributed by atoms with E-state index in [1.54, 1.807) is 56.8 Å². The second-order valence-electron chi connectivity index (χ2n) is 8.62. The largest absolute Gasteiger partial charge is 0.493 e. The molecule has 35 heavy (non-hydrogen) atoms. The lowest BCUT2D eigenvalue weighted by molar-refractivity contribution is 0.352. The van der Waals surface area contributed by atoms with Gasteiger partial charge in [0.1, 0.15) is 5.82 Å². The summed E-state index contributed by atoms with van der Waals surface area (Å²) in [6, 6.07) is 16.7. The third kappa shape index (κ3) is 4.91. The number of rotatable bonds is 6. The van der Waals surface area contributed by atoms with Crippen molar-refractivity contribution >= 4 is 9.84 Å². The Morgan fingerprint density at radius 2 is 1.60 bits per heavy atom. The molecule has 4 rings (SSSR count). The van der Waals surface area contributed by atoms with E-state index in [-0.39, 0.29) is 15.6 Å². The quantitative estimate of drug-likeness (QED) is 0.454. The fourth-order valence-corrected chi connectivity index (χ4v) is 6.11. The van der Waals surface area contributed by atoms with Crippen LogP contribution in [0.2, 0.25) is 0 Å². The van der Waals surface area contributed by atoms with Gasteiger partial charge in [0.05, 0.1) is 24.0 Å². The van der Waals surface area contributed by atoms with Crippen LogP contribution in [-0.2, 0) is 16.3 Å². The summed E-state index contributed by atoms with van der Waals surface area (Å²) in [7, 11) is -0.759. The van der Waals surface area contributed by atoms with Crippen molar-refractivity contribution in [2.45, 2.75) is 31.1 Å². The minimum atomic E-state index is -3.89. The molecule has 0 fully saturated rings. The number of benzene rings is 3. The van der Waals surface area contributed by atoms with Crippen molar-refractivity contribution in [3.8, 4) is 11.5 Å². The minimum Gasteiger partial charge on any atom is -0.493 e. The first-order chi connectivity index (χ1) is 16.8. The van der Waals surface area contributed by atoms with E-state index in [0.717, 1.165) is 16.7 Å². The van der Waals surface area contributed by atoms with E-state index in [9.17, 15) is 12.8 Å². The van der Waals surface area contributed by atoms with E-state index < -0.39 is 15.8 Å². The van der Waals surface area contributed by atoms with Crippen molar-refractivity contribution in [1.82, 2.24) is 4.90 Å². The first kappa shape index (κ1) is 24.8. The monoisotopic (exact) mass is 495 g/mol. The molecule has 184 valence electrons. The van der Waals surface area contributed by atoms with Gasteiger partial charge in [-0.05, 0) is 73.4 Å². The molecule has 0 bridgehead atoms. The molecule has 0 aromatic heterocycles. The number of ether oxygens (including phenoxy) is 2. The smallest absolute Gasteiger partial charge is 0.205 e. The molecule has 7 heteroatoms. The molecule has 5 nitrogen and oxygen atoms in total. The van der Waals surface area contributed by atoms with Gasteiger partial charge in [-0.2, -0.15) is 0 Å². The number of allylic oxidation sites excluding steroid dienone is 1. The zero-order valence-corrected chi connectivity index (χ0v) is 21.2. The Kier molecular flexibility index (Phi) is 7.17. The number of hydrogen-bond donors (Lipinski definition) is 0. The molecule has 1 aliphatic rings. The van der Waals surface area contributed by atoms with Crippen LogP contribution in [0.1, 0.15) is 35.1 Å². The molecule has 1 aliphatic heterocycles. The van der Waals surface area contributed by atoms with Crippen LogP contribution in [0.4, 0.5) is 4.39 Å². The van der Waals surface area contributed by atoms with Gasteiger partial charge >= 0.3 is 0 Å². The van der Waals surface area contributed by atoms with Crippen molar-refractivity contribution < 1.29 is 22.3 Å². The van der Waals surface area contributed by atoms with Gasteiger partial charge < -0.3 is 14.4 Å². The second-order valence-corrected chi connectivity index (χ2v) is 10.6. The Bertz CT molecular complexity index is 1330. The lowest BCUT2D eigenvalue weighted by Gasteiger charge is -2.31. The average Bonchev–Trinajstić information content (AvgIpc) is 2.85. The number of methoxy groups -OCH3 is 2. The molecule has 3 aromatic carbocycles. The maximum atomic E-state index is 14.1. The summed E-state index contributed by atoms with van der Waals surface area (Å²) in [6.07, 6.45) is 2.44. The SMILES string of the molecule is CCN1/C=C(/S(=O)(=O)c2ccc(C)cc2)C(c2ccc(F)cc2)c2cc(OC)c(OC)cc2CC1. The summed E-state index contributed by atoms with van der Waals surface area (Å²) in [5, 5.41) is 0. The molecule has 0 saturated carbocycles. The molecule has 0 spiro atoms. The Labute approximate surface area is 206 Å². The van der Waals surface area contributed by atoms with Gasteiger partial charge in [-0.15, -0.1) is 0 Å². The Balaban J connectivity index is 2.04. The standard InChI is InChI=1S/C28H30FNO4S/c1-5-30-15-14-21-16-25(33-3)26(34-4)17-24(21)28(20-8-10-22(29)11-9-20)27(18-30)35(31,32)23-12-6-19(2)7-13-23/h6-13,16-18,28H,5,14-15H2,1-4H3/b27-18+. The topological polar surface area (TPSA) is 55.8 Å². The van der Waals surface area contributed by atoms with Gasteiger partial charge in [0.2, 0.25) is 9.84 Å². The number of fused-ring (bicyclic) bond motifs is 1. The summed E-state index contributed by atoms with van der Waals surface area (Å²) >= 11 is 0. The molecule has 0 radical (unpaired) electrons. The molecule has 1 heterocycles. The Morgan fingerprint density at radius 3 is 2.20 bits per heavy atom. The molecule has 0 N–H and O–H groups in total. The van der Waals surface area contributed by atoms with Crippen LogP contribution in [0, 0.1) is 12.7 Å². The third-order valence-electron chi connectivity index (χ3n) is 6.47. The van der Waals surface area contributed by atoms with Gasteiger partial charge in [0, 0.05) is 25.2 Å².